The maximum Gasteiger partial charge on any atom is 0.516 e. The zero-order valence-corrected chi connectivity index (χ0v) is 9.88. The predicted octanol–water partition coefficient (Wildman–Crippen LogP) is 0.365. The summed E-state index contributed by atoms with van der Waals surface area (Å²) in [7, 11) is -5.84. The summed E-state index contributed by atoms with van der Waals surface area (Å²) in [5.41, 5.74) is -1.68. The molecule has 19 heavy (non-hydrogen) atoms. The number of hydrogen-bond acceptors (Lipinski definition) is 4. The largest absolute Gasteiger partial charge is 0.516 e. The fourth-order valence-electron chi connectivity index (χ4n) is 1.13. The van der Waals surface area contributed by atoms with E-state index >= 15 is 0 Å². The molecular weight excluding hydrogens is 289 g/mol. The second kappa shape index (κ2) is 4.88. The smallest absolute Gasteiger partial charge is 0.366 e. The molecule has 0 aromatic heterocycles. The van der Waals surface area contributed by atoms with Gasteiger partial charge in [-0.2, -0.15) is 21.6 Å². The quantitative estimate of drug-likeness (QED) is 0.840. The third-order valence-electron chi connectivity index (χ3n) is 1.97. The second-order valence-electron chi connectivity index (χ2n) is 3.29. The monoisotopic (exact) mass is 296 g/mol. The van der Waals surface area contributed by atoms with Crippen LogP contribution in [0.3, 0.4) is 0 Å². The molecule has 0 aliphatic rings. The highest BCUT2D eigenvalue weighted by Gasteiger charge is 2.47. The summed E-state index contributed by atoms with van der Waals surface area (Å²) in [6.45, 7) is 0. The van der Waals surface area contributed by atoms with Crippen LogP contribution in [0.25, 0.3) is 0 Å². The van der Waals surface area contributed by atoms with Gasteiger partial charge >= 0.3 is 15.5 Å². The van der Waals surface area contributed by atoms with Crippen molar-refractivity contribution in [1.29, 1.82) is 0 Å². The molecule has 0 saturated heterocycles. The first-order chi connectivity index (χ1) is 8.56. The number of benzene rings is 1. The molecule has 0 radical (unpaired) electrons. The van der Waals surface area contributed by atoms with Gasteiger partial charge in [0.2, 0.25) is 5.91 Å². The minimum absolute atomic E-state index is 0.391. The first kappa shape index (κ1) is 15.0. The van der Waals surface area contributed by atoms with Crippen molar-refractivity contribution >= 4 is 21.8 Å². The molecule has 1 aromatic carbocycles. The molecule has 0 spiro atoms. The van der Waals surface area contributed by atoms with Gasteiger partial charge in [0, 0.05) is 0 Å². The zero-order valence-electron chi connectivity index (χ0n) is 9.06. The molecule has 10 heteroatoms. The second-order valence-corrected chi connectivity index (χ2v) is 4.96. The lowest BCUT2D eigenvalue weighted by molar-refractivity contribution is -0.0446. The molecule has 0 aliphatic carbocycles. The maximum absolute atomic E-state index is 12.1. The van der Waals surface area contributed by atoms with Crippen LogP contribution in [-0.4, -0.2) is 25.7 Å². The van der Waals surface area contributed by atoms with Crippen LogP contribution in [0.4, 0.5) is 13.2 Å². The van der Waals surface area contributed by atoms with E-state index in [-0.39, 0.29) is 0 Å². The van der Waals surface area contributed by atoms with E-state index in [1.165, 1.54) is 12.1 Å². The number of halogens is 3. The zero-order chi connectivity index (χ0) is 14.8. The Morgan fingerprint density at radius 2 is 1.58 bits per heavy atom. The highest BCUT2D eigenvalue weighted by Crippen LogP contribution is 2.22. The van der Waals surface area contributed by atoms with E-state index in [1.54, 1.807) is 0 Å². The summed E-state index contributed by atoms with van der Waals surface area (Å²) in [6, 6.07) is 4.61. The van der Waals surface area contributed by atoms with Crippen LogP contribution in [0, 0.1) is 0 Å². The minimum atomic E-state index is -5.84. The number of hydrogen-bond donors (Lipinski definition) is 2. The van der Waals surface area contributed by atoms with Crippen molar-refractivity contribution < 1.29 is 31.2 Å². The average Bonchev–Trinajstić information content (AvgIpc) is 2.26. The summed E-state index contributed by atoms with van der Waals surface area (Å²) >= 11 is 0. The van der Waals surface area contributed by atoms with E-state index < -0.39 is 38.5 Å². The van der Waals surface area contributed by atoms with E-state index in [0.29, 0.717) is 0 Å². The first-order valence-corrected chi connectivity index (χ1v) is 6.07. The van der Waals surface area contributed by atoms with E-state index in [9.17, 15) is 31.2 Å². The molecule has 0 heterocycles. The number of amides is 2. The molecule has 0 atom stereocenters. The summed E-state index contributed by atoms with van der Waals surface area (Å²) in [5.74, 6) is -2.66. The molecule has 0 saturated carbocycles. The highest BCUT2D eigenvalue weighted by atomic mass is 32.2. The van der Waals surface area contributed by atoms with Crippen molar-refractivity contribution in [2.24, 2.45) is 5.73 Å². The van der Waals surface area contributed by atoms with E-state index in [4.69, 9.17) is 5.73 Å². The number of alkyl halides is 3. The fraction of sp³-hybridized carbons (Fsp3) is 0.111. The fourth-order valence-corrected chi connectivity index (χ4v) is 1.60. The van der Waals surface area contributed by atoms with Crippen LogP contribution in [0.15, 0.2) is 24.3 Å². The number of nitrogens with one attached hydrogen (secondary N) is 1. The number of carbonyl (C=O) groups excluding carboxylic acids is 2. The van der Waals surface area contributed by atoms with Crippen molar-refractivity contribution in [3.8, 4) is 0 Å². The third kappa shape index (κ3) is 3.22. The minimum Gasteiger partial charge on any atom is -0.366 e. The molecule has 0 bridgehead atoms. The van der Waals surface area contributed by atoms with E-state index in [2.05, 4.69) is 0 Å². The normalized spacial score (nSPS) is 11.9. The van der Waals surface area contributed by atoms with Gasteiger partial charge < -0.3 is 5.73 Å². The van der Waals surface area contributed by atoms with Crippen molar-refractivity contribution in [2.75, 3.05) is 0 Å². The molecule has 0 aliphatic heterocycles. The lowest BCUT2D eigenvalue weighted by atomic mass is 10.1. The Morgan fingerprint density at radius 3 is 2.00 bits per heavy atom. The van der Waals surface area contributed by atoms with Gasteiger partial charge in [-0.05, 0) is 12.1 Å². The van der Waals surface area contributed by atoms with Gasteiger partial charge in [0.1, 0.15) is 0 Å². The Hall–Kier alpha value is -2.10. The van der Waals surface area contributed by atoms with Gasteiger partial charge in [0.15, 0.2) is 0 Å². The van der Waals surface area contributed by atoms with Gasteiger partial charge in [-0.25, -0.2) is 4.72 Å². The average molecular weight is 296 g/mol. The topological polar surface area (TPSA) is 106 Å². The molecule has 104 valence electrons. The van der Waals surface area contributed by atoms with Crippen molar-refractivity contribution in [2.45, 2.75) is 5.51 Å². The van der Waals surface area contributed by atoms with Crippen LogP contribution in [-0.2, 0) is 10.0 Å². The lowest BCUT2D eigenvalue weighted by Gasteiger charge is -2.10. The number of sulfonamides is 1. The third-order valence-corrected chi connectivity index (χ3v) is 3.03. The van der Waals surface area contributed by atoms with Crippen LogP contribution in [0.2, 0.25) is 0 Å². The molecule has 1 aromatic rings. The molecule has 2 amide bonds. The van der Waals surface area contributed by atoms with Gasteiger partial charge in [0.05, 0.1) is 11.1 Å². The first-order valence-electron chi connectivity index (χ1n) is 4.58. The van der Waals surface area contributed by atoms with Crippen molar-refractivity contribution in [3.63, 3.8) is 0 Å². The van der Waals surface area contributed by atoms with Crippen LogP contribution >= 0.6 is 0 Å². The highest BCUT2D eigenvalue weighted by molar-refractivity contribution is 7.90. The number of carbonyl (C=O) groups is 2. The van der Waals surface area contributed by atoms with Crippen LogP contribution in [0.5, 0.6) is 0 Å². The number of rotatable bonds is 3. The molecule has 6 nitrogen and oxygen atoms in total. The Balaban J connectivity index is 3.14. The number of nitrogens with two attached hydrogens (primary N) is 1. The van der Waals surface area contributed by atoms with Gasteiger partial charge in [-0.15, -0.1) is 0 Å². The summed E-state index contributed by atoms with van der Waals surface area (Å²) < 4.78 is 58.5. The Labute approximate surface area is 105 Å². The predicted molar refractivity (Wildman–Crippen MR) is 57.4 cm³/mol. The van der Waals surface area contributed by atoms with Crippen LogP contribution in [0.1, 0.15) is 20.7 Å². The van der Waals surface area contributed by atoms with Crippen LogP contribution < -0.4 is 10.5 Å². The van der Waals surface area contributed by atoms with E-state index in [1.807, 2.05) is 0 Å². The Morgan fingerprint density at radius 1 is 1.11 bits per heavy atom. The summed E-state index contributed by atoms with van der Waals surface area (Å²) in [6.07, 6.45) is 0. The summed E-state index contributed by atoms with van der Waals surface area (Å²) in [4.78, 5) is 22.4. The Bertz CT molecular complexity index is 625. The van der Waals surface area contributed by atoms with Crippen molar-refractivity contribution in [1.82, 2.24) is 4.72 Å². The summed E-state index contributed by atoms with van der Waals surface area (Å²) in [5, 5.41) is 0. The standard InChI is InChI=1S/C9H7F3N2O4S/c10-9(11,12)19(17,18)14-8(16)6-4-2-1-3-5(6)7(13)15/h1-4H,(H2,13,15)(H,14,16). The van der Waals surface area contributed by atoms with Gasteiger partial charge in [-0.3, -0.25) is 9.59 Å². The molecular formula is C9H7F3N2O4S. The van der Waals surface area contributed by atoms with Gasteiger partial charge in [0.25, 0.3) is 5.91 Å². The van der Waals surface area contributed by atoms with Gasteiger partial charge in [-0.1, -0.05) is 12.1 Å². The lowest BCUT2D eigenvalue weighted by Crippen LogP contribution is -2.40. The molecule has 3 N–H and O–H groups in total. The van der Waals surface area contributed by atoms with E-state index in [0.717, 1.165) is 16.9 Å². The Kier molecular flexibility index (Phi) is 3.84. The number of primary amides is 1. The van der Waals surface area contributed by atoms with Crippen molar-refractivity contribution in [3.05, 3.63) is 35.4 Å². The molecule has 0 unspecified atom stereocenters. The molecule has 1 rings (SSSR count). The maximum atomic E-state index is 12.1. The molecule has 0 fully saturated rings. The SMILES string of the molecule is NC(=O)c1ccccc1C(=O)NS(=O)(=O)C(F)(F)F.